The van der Waals surface area contributed by atoms with Crippen LogP contribution in [-0.4, -0.2) is 21.5 Å². The molecule has 5 heteroatoms. The summed E-state index contributed by atoms with van der Waals surface area (Å²) >= 11 is 1.61. The molecule has 0 bridgehead atoms. The van der Waals surface area contributed by atoms with Gasteiger partial charge in [0.1, 0.15) is 11.4 Å². The lowest BCUT2D eigenvalue weighted by Crippen LogP contribution is -2.07. The number of rotatable bonds is 4. The molecule has 0 saturated carbocycles. The third-order valence-corrected chi connectivity index (χ3v) is 3.09. The summed E-state index contributed by atoms with van der Waals surface area (Å²) in [7, 11) is 0. The van der Waals surface area contributed by atoms with Crippen molar-refractivity contribution in [1.29, 1.82) is 0 Å². The molecule has 0 radical (unpaired) electrons. The van der Waals surface area contributed by atoms with Gasteiger partial charge in [-0.15, -0.1) is 11.3 Å². The largest absolute Gasteiger partial charge is 0.361 e. The lowest BCUT2D eigenvalue weighted by molar-refractivity contribution is 0.688. The minimum absolute atomic E-state index is 0.612. The van der Waals surface area contributed by atoms with Crippen LogP contribution in [0.2, 0.25) is 0 Å². The molecule has 17 heavy (non-hydrogen) atoms. The second kappa shape index (κ2) is 5.23. The monoisotopic (exact) mass is 248 g/mol. The van der Waals surface area contributed by atoms with Gasteiger partial charge in [0, 0.05) is 24.3 Å². The fourth-order valence-electron chi connectivity index (χ4n) is 1.41. The van der Waals surface area contributed by atoms with Gasteiger partial charge in [-0.05, 0) is 12.8 Å². The molecule has 0 amide bonds. The second-order valence-corrected chi connectivity index (χ2v) is 5.16. The zero-order valence-corrected chi connectivity index (χ0v) is 11.1. The van der Waals surface area contributed by atoms with Gasteiger partial charge in [0.2, 0.25) is 0 Å². The van der Waals surface area contributed by atoms with E-state index in [4.69, 9.17) is 0 Å². The van der Waals surface area contributed by atoms with Crippen molar-refractivity contribution in [3.63, 3.8) is 0 Å². The Morgan fingerprint density at radius 3 is 2.76 bits per heavy atom. The lowest BCUT2D eigenvalue weighted by Gasteiger charge is -2.04. The standard InChI is InChI=1S/C12H16N4S/c1-8(2)6-15-12-16-10(7-17-12)11-9(3)13-4-5-14-11/h4-5,7-8H,6H2,1-3H3,(H,15,16). The summed E-state index contributed by atoms with van der Waals surface area (Å²) < 4.78 is 0. The van der Waals surface area contributed by atoms with Crippen LogP contribution in [0.1, 0.15) is 19.5 Å². The summed E-state index contributed by atoms with van der Waals surface area (Å²) in [4.78, 5) is 13.0. The third kappa shape index (κ3) is 3.00. The Morgan fingerprint density at radius 2 is 2.06 bits per heavy atom. The lowest BCUT2D eigenvalue weighted by atomic mass is 10.2. The van der Waals surface area contributed by atoms with E-state index in [1.54, 1.807) is 23.7 Å². The maximum atomic E-state index is 4.52. The van der Waals surface area contributed by atoms with Crippen molar-refractivity contribution in [3.8, 4) is 11.4 Å². The summed E-state index contributed by atoms with van der Waals surface area (Å²) in [6.45, 7) is 7.23. The highest BCUT2D eigenvalue weighted by Gasteiger charge is 2.08. The van der Waals surface area contributed by atoms with Crippen LogP contribution in [-0.2, 0) is 0 Å². The Hall–Kier alpha value is -1.49. The van der Waals surface area contributed by atoms with Crippen LogP contribution in [0, 0.1) is 12.8 Å². The maximum Gasteiger partial charge on any atom is 0.183 e. The maximum absolute atomic E-state index is 4.52. The molecule has 2 aromatic heterocycles. The quantitative estimate of drug-likeness (QED) is 0.903. The predicted molar refractivity (Wildman–Crippen MR) is 71.2 cm³/mol. The number of nitrogens with zero attached hydrogens (tertiary/aromatic N) is 3. The van der Waals surface area contributed by atoms with Gasteiger partial charge in [-0.2, -0.15) is 0 Å². The Kier molecular flexibility index (Phi) is 3.68. The molecule has 2 aromatic rings. The van der Waals surface area contributed by atoms with Crippen molar-refractivity contribution in [2.24, 2.45) is 5.92 Å². The minimum atomic E-state index is 0.612. The highest BCUT2D eigenvalue weighted by Crippen LogP contribution is 2.24. The molecule has 90 valence electrons. The third-order valence-electron chi connectivity index (χ3n) is 2.29. The van der Waals surface area contributed by atoms with E-state index in [1.807, 2.05) is 12.3 Å². The molecule has 2 heterocycles. The van der Waals surface area contributed by atoms with Gasteiger partial charge in [-0.1, -0.05) is 13.8 Å². The van der Waals surface area contributed by atoms with Crippen molar-refractivity contribution in [2.45, 2.75) is 20.8 Å². The van der Waals surface area contributed by atoms with E-state index in [0.717, 1.165) is 28.8 Å². The van der Waals surface area contributed by atoms with E-state index in [0.29, 0.717) is 5.92 Å². The number of hydrogen-bond acceptors (Lipinski definition) is 5. The van der Waals surface area contributed by atoms with Crippen molar-refractivity contribution in [3.05, 3.63) is 23.5 Å². The number of anilines is 1. The highest BCUT2D eigenvalue weighted by atomic mass is 32.1. The van der Waals surface area contributed by atoms with E-state index in [-0.39, 0.29) is 0 Å². The van der Waals surface area contributed by atoms with Crippen molar-refractivity contribution >= 4 is 16.5 Å². The van der Waals surface area contributed by atoms with Crippen LogP contribution in [0.4, 0.5) is 5.13 Å². The molecule has 0 aliphatic heterocycles. The Bertz CT molecular complexity index is 493. The number of aromatic nitrogens is 3. The summed E-state index contributed by atoms with van der Waals surface area (Å²) in [6.07, 6.45) is 3.39. The first-order valence-electron chi connectivity index (χ1n) is 5.64. The Labute approximate surface area is 105 Å². The van der Waals surface area contributed by atoms with Crippen molar-refractivity contribution in [2.75, 3.05) is 11.9 Å². The Balaban J connectivity index is 2.16. The number of nitrogens with one attached hydrogen (secondary N) is 1. The fourth-order valence-corrected chi connectivity index (χ4v) is 2.12. The number of hydrogen-bond donors (Lipinski definition) is 1. The van der Waals surface area contributed by atoms with E-state index in [9.17, 15) is 0 Å². The van der Waals surface area contributed by atoms with Crippen LogP contribution in [0.15, 0.2) is 17.8 Å². The average molecular weight is 248 g/mol. The van der Waals surface area contributed by atoms with Gasteiger partial charge in [0.25, 0.3) is 0 Å². The van der Waals surface area contributed by atoms with Crippen LogP contribution in [0.25, 0.3) is 11.4 Å². The summed E-state index contributed by atoms with van der Waals surface area (Å²) in [5.41, 5.74) is 2.67. The van der Waals surface area contributed by atoms with Crippen LogP contribution >= 0.6 is 11.3 Å². The second-order valence-electron chi connectivity index (χ2n) is 4.30. The van der Waals surface area contributed by atoms with Crippen LogP contribution in [0.3, 0.4) is 0 Å². The first kappa shape index (κ1) is 12.0. The number of aryl methyl sites for hydroxylation is 1. The SMILES string of the molecule is Cc1nccnc1-c1csc(NCC(C)C)n1. The summed E-state index contributed by atoms with van der Waals surface area (Å²) in [5, 5.41) is 6.27. The van der Waals surface area contributed by atoms with Gasteiger partial charge in [-0.3, -0.25) is 9.97 Å². The first-order chi connectivity index (χ1) is 8.16. The Morgan fingerprint density at radius 1 is 1.29 bits per heavy atom. The molecule has 0 spiro atoms. The molecule has 0 unspecified atom stereocenters. The molecular formula is C12H16N4S. The van der Waals surface area contributed by atoms with Gasteiger partial charge in [0.15, 0.2) is 5.13 Å². The van der Waals surface area contributed by atoms with Gasteiger partial charge in [0.05, 0.1) is 5.69 Å². The van der Waals surface area contributed by atoms with Gasteiger partial charge < -0.3 is 5.32 Å². The molecule has 1 N–H and O–H groups in total. The van der Waals surface area contributed by atoms with Crippen LogP contribution in [0.5, 0.6) is 0 Å². The molecule has 0 aromatic carbocycles. The predicted octanol–water partition coefficient (Wildman–Crippen LogP) is 2.98. The van der Waals surface area contributed by atoms with E-state index < -0.39 is 0 Å². The fraction of sp³-hybridized carbons (Fsp3) is 0.417. The van der Waals surface area contributed by atoms with E-state index >= 15 is 0 Å². The number of thiazole rings is 1. The van der Waals surface area contributed by atoms with Crippen molar-refractivity contribution < 1.29 is 0 Å². The zero-order chi connectivity index (χ0) is 12.3. The minimum Gasteiger partial charge on any atom is -0.361 e. The van der Waals surface area contributed by atoms with Crippen LogP contribution < -0.4 is 5.32 Å². The smallest absolute Gasteiger partial charge is 0.183 e. The molecule has 4 nitrogen and oxygen atoms in total. The molecular weight excluding hydrogens is 232 g/mol. The molecule has 2 rings (SSSR count). The molecule has 0 aliphatic carbocycles. The average Bonchev–Trinajstić information content (AvgIpc) is 2.75. The molecule has 0 atom stereocenters. The molecule has 0 fully saturated rings. The highest BCUT2D eigenvalue weighted by molar-refractivity contribution is 7.14. The topological polar surface area (TPSA) is 50.7 Å². The summed E-state index contributed by atoms with van der Waals surface area (Å²) in [5.74, 6) is 0.612. The van der Waals surface area contributed by atoms with E-state index in [2.05, 4.69) is 34.1 Å². The normalized spacial score (nSPS) is 10.8. The zero-order valence-electron chi connectivity index (χ0n) is 10.3. The van der Waals surface area contributed by atoms with E-state index in [1.165, 1.54) is 0 Å². The molecule has 0 aliphatic rings. The summed E-state index contributed by atoms with van der Waals surface area (Å²) in [6, 6.07) is 0. The van der Waals surface area contributed by atoms with Gasteiger partial charge >= 0.3 is 0 Å². The first-order valence-corrected chi connectivity index (χ1v) is 6.52. The van der Waals surface area contributed by atoms with Gasteiger partial charge in [-0.25, -0.2) is 4.98 Å². The van der Waals surface area contributed by atoms with Crippen molar-refractivity contribution in [1.82, 2.24) is 15.0 Å². The molecule has 0 saturated heterocycles.